The zero-order chi connectivity index (χ0) is 10.8. The summed E-state index contributed by atoms with van der Waals surface area (Å²) in [5.41, 5.74) is 0.756. The Labute approximate surface area is 103 Å². The van der Waals surface area contributed by atoms with Crippen molar-refractivity contribution in [2.75, 3.05) is 0 Å². The van der Waals surface area contributed by atoms with Crippen molar-refractivity contribution >= 4 is 33.3 Å². The molecule has 15 heavy (non-hydrogen) atoms. The fourth-order valence-corrected chi connectivity index (χ4v) is 2.05. The third-order valence-electron chi connectivity index (χ3n) is 2.72. The van der Waals surface area contributed by atoms with Gasteiger partial charge in [0.25, 0.3) is 0 Å². The van der Waals surface area contributed by atoms with Gasteiger partial charge in [0.15, 0.2) is 5.78 Å². The molecule has 1 aromatic carbocycles. The molecule has 1 fully saturated rings. The van der Waals surface area contributed by atoms with Gasteiger partial charge in [0.05, 0.1) is 5.02 Å². The molecular weight excluding hydrogens is 275 g/mol. The fourth-order valence-electron chi connectivity index (χ4n) is 1.56. The maximum absolute atomic E-state index is 11.8. The van der Waals surface area contributed by atoms with E-state index in [9.17, 15) is 4.79 Å². The number of hydrogen-bond donors (Lipinski definition) is 0. The predicted molar refractivity (Wildman–Crippen MR) is 65.4 cm³/mol. The Morgan fingerprint density at radius 3 is 2.80 bits per heavy atom. The highest BCUT2D eigenvalue weighted by atomic mass is 79.9. The number of rotatable bonds is 4. The van der Waals surface area contributed by atoms with E-state index >= 15 is 0 Å². The Kier molecular flexibility index (Phi) is 3.47. The monoisotopic (exact) mass is 286 g/mol. The van der Waals surface area contributed by atoms with Gasteiger partial charge in [0.2, 0.25) is 0 Å². The minimum atomic E-state index is 0.222. The molecule has 0 N–H and O–H groups in total. The van der Waals surface area contributed by atoms with Crippen molar-refractivity contribution in [2.24, 2.45) is 5.92 Å². The molecule has 1 saturated carbocycles. The van der Waals surface area contributed by atoms with E-state index in [-0.39, 0.29) is 5.78 Å². The van der Waals surface area contributed by atoms with E-state index in [0.717, 1.165) is 22.4 Å². The standard InChI is InChI=1S/C12H12BrClO/c13-10-7-9(4-5-11(10)14)12(15)6-3-8-1-2-8/h4-5,7-8H,1-3,6H2. The van der Waals surface area contributed by atoms with Crippen LogP contribution in [0.4, 0.5) is 0 Å². The van der Waals surface area contributed by atoms with Crippen molar-refractivity contribution in [3.63, 3.8) is 0 Å². The number of ketones is 1. The molecule has 0 aliphatic heterocycles. The molecule has 0 unspecified atom stereocenters. The minimum Gasteiger partial charge on any atom is -0.294 e. The number of carbonyl (C=O) groups is 1. The highest BCUT2D eigenvalue weighted by Gasteiger charge is 2.22. The molecule has 0 aromatic heterocycles. The van der Waals surface area contributed by atoms with Crippen LogP contribution in [0.15, 0.2) is 22.7 Å². The van der Waals surface area contributed by atoms with E-state index in [4.69, 9.17) is 11.6 Å². The van der Waals surface area contributed by atoms with Crippen molar-refractivity contribution in [3.05, 3.63) is 33.3 Å². The topological polar surface area (TPSA) is 17.1 Å². The van der Waals surface area contributed by atoms with Crippen molar-refractivity contribution < 1.29 is 4.79 Å². The van der Waals surface area contributed by atoms with Crippen LogP contribution in [0.2, 0.25) is 5.02 Å². The number of benzene rings is 1. The van der Waals surface area contributed by atoms with Crippen LogP contribution in [0.25, 0.3) is 0 Å². The van der Waals surface area contributed by atoms with Crippen molar-refractivity contribution in [3.8, 4) is 0 Å². The molecule has 0 heterocycles. The van der Waals surface area contributed by atoms with E-state index in [1.54, 1.807) is 18.2 Å². The second-order valence-electron chi connectivity index (χ2n) is 4.03. The Balaban J connectivity index is 2.00. The maximum Gasteiger partial charge on any atom is 0.162 e. The van der Waals surface area contributed by atoms with E-state index < -0.39 is 0 Å². The summed E-state index contributed by atoms with van der Waals surface area (Å²) in [5.74, 6) is 1.03. The summed E-state index contributed by atoms with van der Waals surface area (Å²) in [6, 6.07) is 5.36. The molecule has 0 bridgehead atoms. The van der Waals surface area contributed by atoms with Gasteiger partial charge in [0.1, 0.15) is 0 Å². The summed E-state index contributed by atoms with van der Waals surface area (Å²) < 4.78 is 0.793. The molecule has 1 aromatic rings. The molecule has 0 saturated heterocycles. The molecule has 0 spiro atoms. The number of hydrogen-bond acceptors (Lipinski definition) is 1. The zero-order valence-corrected chi connectivity index (χ0v) is 10.6. The lowest BCUT2D eigenvalue weighted by molar-refractivity contribution is 0.0978. The first-order chi connectivity index (χ1) is 7.16. The van der Waals surface area contributed by atoms with Crippen LogP contribution >= 0.6 is 27.5 Å². The minimum absolute atomic E-state index is 0.222. The summed E-state index contributed by atoms with van der Waals surface area (Å²) in [6.07, 6.45) is 4.31. The molecule has 3 heteroatoms. The average molecular weight is 288 g/mol. The molecule has 0 amide bonds. The smallest absolute Gasteiger partial charge is 0.162 e. The van der Waals surface area contributed by atoms with Crippen LogP contribution < -0.4 is 0 Å². The van der Waals surface area contributed by atoms with Crippen LogP contribution in [0, 0.1) is 5.92 Å². The maximum atomic E-state index is 11.8. The summed E-state index contributed by atoms with van der Waals surface area (Å²) in [5, 5.41) is 0.647. The van der Waals surface area contributed by atoms with Crippen molar-refractivity contribution in [2.45, 2.75) is 25.7 Å². The molecule has 0 radical (unpaired) electrons. The molecule has 1 nitrogen and oxygen atoms in total. The molecule has 1 aliphatic rings. The first-order valence-electron chi connectivity index (χ1n) is 5.15. The van der Waals surface area contributed by atoms with Gasteiger partial charge in [-0.25, -0.2) is 0 Å². The molecule has 0 atom stereocenters. The fraction of sp³-hybridized carbons (Fsp3) is 0.417. The van der Waals surface area contributed by atoms with Gasteiger partial charge in [-0.15, -0.1) is 0 Å². The van der Waals surface area contributed by atoms with Crippen LogP contribution in [0.3, 0.4) is 0 Å². The van der Waals surface area contributed by atoms with Gasteiger partial charge >= 0.3 is 0 Å². The SMILES string of the molecule is O=C(CCC1CC1)c1ccc(Cl)c(Br)c1. The predicted octanol–water partition coefficient (Wildman–Crippen LogP) is 4.48. The Hall–Kier alpha value is -0.340. The first-order valence-corrected chi connectivity index (χ1v) is 6.32. The number of Topliss-reactive ketones (excluding diaryl/α,β-unsaturated/α-hetero) is 1. The summed E-state index contributed by atoms with van der Waals surface area (Å²) >= 11 is 9.19. The summed E-state index contributed by atoms with van der Waals surface area (Å²) in [4.78, 5) is 11.8. The van der Waals surface area contributed by atoms with Gasteiger partial charge < -0.3 is 0 Å². The van der Waals surface area contributed by atoms with E-state index in [1.807, 2.05) is 0 Å². The Bertz CT molecular complexity index is 385. The third kappa shape index (κ3) is 3.05. The first kappa shape index (κ1) is 11.2. The normalized spacial score (nSPS) is 15.3. The van der Waals surface area contributed by atoms with Gasteiger partial charge in [-0.05, 0) is 46.5 Å². The second-order valence-corrected chi connectivity index (χ2v) is 5.30. The number of carbonyl (C=O) groups excluding carboxylic acids is 1. The van der Waals surface area contributed by atoms with E-state index in [0.29, 0.717) is 11.4 Å². The van der Waals surface area contributed by atoms with Crippen LogP contribution in [-0.4, -0.2) is 5.78 Å². The van der Waals surface area contributed by atoms with Crippen molar-refractivity contribution in [1.29, 1.82) is 0 Å². The van der Waals surface area contributed by atoms with Gasteiger partial charge in [0, 0.05) is 16.5 Å². The van der Waals surface area contributed by atoms with Gasteiger partial charge in [-0.2, -0.15) is 0 Å². The molecule has 2 rings (SSSR count). The van der Waals surface area contributed by atoms with E-state index in [2.05, 4.69) is 15.9 Å². The third-order valence-corrected chi connectivity index (χ3v) is 3.93. The molecule has 1 aliphatic carbocycles. The summed E-state index contributed by atoms with van der Waals surface area (Å²) in [7, 11) is 0. The van der Waals surface area contributed by atoms with Crippen LogP contribution in [0.5, 0.6) is 0 Å². The lowest BCUT2D eigenvalue weighted by atomic mass is 10.1. The second kappa shape index (κ2) is 4.67. The molecular formula is C12H12BrClO. The number of halogens is 2. The highest BCUT2D eigenvalue weighted by Crippen LogP contribution is 2.34. The zero-order valence-electron chi connectivity index (χ0n) is 8.30. The highest BCUT2D eigenvalue weighted by molar-refractivity contribution is 9.10. The van der Waals surface area contributed by atoms with Crippen LogP contribution in [-0.2, 0) is 0 Å². The van der Waals surface area contributed by atoms with Crippen LogP contribution in [0.1, 0.15) is 36.0 Å². The van der Waals surface area contributed by atoms with Crippen molar-refractivity contribution in [1.82, 2.24) is 0 Å². The quantitative estimate of drug-likeness (QED) is 0.746. The Morgan fingerprint density at radius 2 is 2.20 bits per heavy atom. The van der Waals surface area contributed by atoms with Gasteiger partial charge in [-0.1, -0.05) is 24.4 Å². The lowest BCUT2D eigenvalue weighted by Crippen LogP contribution is -1.99. The largest absolute Gasteiger partial charge is 0.294 e. The average Bonchev–Trinajstić information content (AvgIpc) is 3.02. The Morgan fingerprint density at radius 1 is 1.47 bits per heavy atom. The van der Waals surface area contributed by atoms with E-state index in [1.165, 1.54) is 12.8 Å². The van der Waals surface area contributed by atoms with Gasteiger partial charge in [-0.3, -0.25) is 4.79 Å². The summed E-state index contributed by atoms with van der Waals surface area (Å²) in [6.45, 7) is 0. The lowest BCUT2D eigenvalue weighted by Gasteiger charge is -2.02. The molecule has 80 valence electrons.